The second kappa shape index (κ2) is 14.1. The third-order valence-corrected chi connectivity index (χ3v) is 7.79. The van der Waals surface area contributed by atoms with Crippen molar-refractivity contribution in [3.05, 3.63) is 12.2 Å². The van der Waals surface area contributed by atoms with E-state index in [1.54, 1.807) is 21.6 Å². The highest BCUT2D eigenvalue weighted by molar-refractivity contribution is 8.77. The summed E-state index contributed by atoms with van der Waals surface area (Å²) < 4.78 is 5.14. The topological polar surface area (TPSA) is 72.5 Å². The Balaban J connectivity index is 4.01. The quantitative estimate of drug-likeness (QED) is 0.242. The van der Waals surface area contributed by atoms with Gasteiger partial charge in [-0.25, -0.2) is 0 Å². The number of ketones is 1. The minimum absolute atomic E-state index is 0.0194. The molecule has 0 aliphatic heterocycles. The number of amides is 1. The zero-order valence-corrected chi connectivity index (χ0v) is 20.0. The van der Waals surface area contributed by atoms with Crippen molar-refractivity contribution in [3.8, 4) is 0 Å². The molecule has 0 bridgehead atoms. The lowest BCUT2D eigenvalue weighted by molar-refractivity contribution is -0.147. The van der Waals surface area contributed by atoms with Crippen LogP contribution in [0.2, 0.25) is 0 Å². The number of esters is 1. The van der Waals surface area contributed by atoms with E-state index in [9.17, 15) is 14.4 Å². The van der Waals surface area contributed by atoms with Crippen molar-refractivity contribution >= 4 is 39.2 Å². The van der Waals surface area contributed by atoms with Crippen LogP contribution in [0.5, 0.6) is 0 Å². The van der Waals surface area contributed by atoms with Crippen LogP contribution in [0.3, 0.4) is 0 Å². The number of nitrogens with one attached hydrogen (secondary N) is 1. The number of hydrogen-bond donors (Lipinski definition) is 1. The van der Waals surface area contributed by atoms with Crippen LogP contribution in [0.4, 0.5) is 0 Å². The summed E-state index contributed by atoms with van der Waals surface area (Å²) in [7, 11) is 3.39. The molecule has 0 radical (unpaired) electrons. The van der Waals surface area contributed by atoms with Gasteiger partial charge in [0.2, 0.25) is 5.91 Å². The number of carbonyl (C=O) groups excluding carboxylic acids is 3. The summed E-state index contributed by atoms with van der Waals surface area (Å²) in [5.41, 5.74) is 0. The summed E-state index contributed by atoms with van der Waals surface area (Å²) in [4.78, 5) is 35.4. The lowest BCUT2D eigenvalue weighted by atomic mass is 10.0. The monoisotopic (exact) mass is 431 g/mol. The molecule has 5 nitrogen and oxygen atoms in total. The maximum absolute atomic E-state index is 12.0. The molecule has 0 aromatic rings. The second-order valence-electron chi connectivity index (χ2n) is 7.93. The Kier molecular flexibility index (Phi) is 13.6. The zero-order chi connectivity index (χ0) is 21.7. The van der Waals surface area contributed by atoms with Crippen molar-refractivity contribution in [2.75, 3.05) is 13.2 Å². The van der Waals surface area contributed by atoms with E-state index >= 15 is 0 Å². The summed E-state index contributed by atoms with van der Waals surface area (Å²) >= 11 is 0. The van der Waals surface area contributed by atoms with E-state index in [1.165, 1.54) is 0 Å². The van der Waals surface area contributed by atoms with Gasteiger partial charge < -0.3 is 10.1 Å². The van der Waals surface area contributed by atoms with Crippen molar-refractivity contribution in [1.82, 2.24) is 5.32 Å². The molecule has 28 heavy (non-hydrogen) atoms. The molecular formula is C21H37NO4S2. The fourth-order valence-electron chi connectivity index (χ4n) is 2.07. The first-order valence-corrected chi connectivity index (χ1v) is 12.1. The van der Waals surface area contributed by atoms with Gasteiger partial charge in [-0.15, -0.1) is 0 Å². The fourth-order valence-corrected chi connectivity index (χ4v) is 4.52. The van der Waals surface area contributed by atoms with Gasteiger partial charge in [0.05, 0.1) is 10.7 Å². The fraction of sp³-hybridized carbons (Fsp3) is 0.762. The Bertz CT molecular complexity index is 532. The van der Waals surface area contributed by atoms with E-state index in [2.05, 4.69) is 12.2 Å². The first-order chi connectivity index (χ1) is 13.0. The summed E-state index contributed by atoms with van der Waals surface area (Å²) in [6, 6.07) is 0. The molecule has 1 N–H and O–H groups in total. The van der Waals surface area contributed by atoms with Gasteiger partial charge in [0.25, 0.3) is 0 Å². The maximum Gasteiger partial charge on any atom is 0.308 e. The Morgan fingerprint density at radius 2 is 1.75 bits per heavy atom. The first kappa shape index (κ1) is 27.0. The Labute approximate surface area is 178 Å². The molecule has 0 aromatic carbocycles. The van der Waals surface area contributed by atoms with Crippen molar-refractivity contribution in [1.29, 1.82) is 0 Å². The van der Waals surface area contributed by atoms with Gasteiger partial charge in [-0.3, -0.25) is 14.4 Å². The van der Waals surface area contributed by atoms with Gasteiger partial charge in [-0.05, 0) is 27.2 Å². The minimum atomic E-state index is -0.185. The normalized spacial score (nSPS) is 14.1. The third kappa shape index (κ3) is 13.3. The molecule has 0 spiro atoms. The van der Waals surface area contributed by atoms with Crippen LogP contribution >= 0.6 is 21.6 Å². The molecule has 2 unspecified atom stereocenters. The van der Waals surface area contributed by atoms with E-state index in [-0.39, 0.29) is 34.2 Å². The predicted octanol–water partition coefficient (Wildman–Crippen LogP) is 4.80. The standard InChI is InChI=1S/C21H37NO4S2/c1-8-9-16(4)18(23)12-13-22-19(24)11-10-17(5)27-28-21(6,7)14-26-20(25)15(2)3/h8-9,15-17H,10-14H2,1-7H3,(H,22,24). The van der Waals surface area contributed by atoms with Crippen LogP contribution in [-0.2, 0) is 19.1 Å². The molecule has 1 amide bonds. The lowest BCUT2D eigenvalue weighted by Crippen LogP contribution is -2.27. The molecule has 162 valence electrons. The summed E-state index contributed by atoms with van der Waals surface area (Å²) in [5, 5.41) is 3.12. The Hall–Kier alpha value is -0.950. The molecule has 0 aliphatic carbocycles. The van der Waals surface area contributed by atoms with Crippen LogP contribution in [0.1, 0.15) is 67.7 Å². The van der Waals surface area contributed by atoms with E-state index in [0.29, 0.717) is 31.2 Å². The summed E-state index contributed by atoms with van der Waals surface area (Å²) in [5.74, 6) is -0.277. The van der Waals surface area contributed by atoms with Gasteiger partial charge in [-0.1, -0.05) is 61.4 Å². The first-order valence-electron chi connectivity index (χ1n) is 9.91. The van der Waals surface area contributed by atoms with E-state index < -0.39 is 0 Å². The van der Waals surface area contributed by atoms with Gasteiger partial charge in [0.15, 0.2) is 0 Å². The maximum atomic E-state index is 12.0. The van der Waals surface area contributed by atoms with E-state index in [1.807, 2.05) is 53.7 Å². The average Bonchev–Trinajstić information content (AvgIpc) is 2.62. The summed E-state index contributed by atoms with van der Waals surface area (Å²) in [6.45, 7) is 14.3. The highest BCUT2D eigenvalue weighted by Gasteiger charge is 2.24. The van der Waals surface area contributed by atoms with Crippen molar-refractivity contribution in [2.45, 2.75) is 77.7 Å². The van der Waals surface area contributed by atoms with Gasteiger partial charge in [0.1, 0.15) is 12.4 Å². The molecule has 7 heteroatoms. The Morgan fingerprint density at radius 1 is 1.11 bits per heavy atom. The number of Topliss-reactive ketones (excluding diaryl/α,β-unsaturated/α-hetero) is 1. The molecule has 0 saturated carbocycles. The van der Waals surface area contributed by atoms with Crippen LogP contribution in [-0.4, -0.2) is 40.8 Å². The number of hydrogen-bond acceptors (Lipinski definition) is 6. The SMILES string of the molecule is CC=CC(C)C(=O)CCNC(=O)CCC(C)SSC(C)(C)COC(=O)C(C)C. The average molecular weight is 432 g/mol. The zero-order valence-electron chi connectivity index (χ0n) is 18.4. The number of rotatable bonds is 14. The van der Waals surface area contributed by atoms with Crippen LogP contribution in [0.25, 0.3) is 0 Å². The van der Waals surface area contributed by atoms with Gasteiger partial charge >= 0.3 is 5.97 Å². The van der Waals surface area contributed by atoms with Crippen molar-refractivity contribution in [2.24, 2.45) is 11.8 Å². The highest BCUT2D eigenvalue weighted by atomic mass is 33.1. The smallest absolute Gasteiger partial charge is 0.308 e. The van der Waals surface area contributed by atoms with Crippen LogP contribution in [0.15, 0.2) is 12.2 Å². The molecule has 2 atom stereocenters. The molecule has 0 heterocycles. The van der Waals surface area contributed by atoms with Crippen molar-refractivity contribution < 1.29 is 19.1 Å². The third-order valence-electron chi connectivity index (χ3n) is 3.93. The molecule has 0 aliphatic rings. The molecule has 0 aromatic heterocycles. The number of ether oxygens (including phenoxy) is 1. The minimum Gasteiger partial charge on any atom is -0.464 e. The van der Waals surface area contributed by atoms with Crippen LogP contribution in [0, 0.1) is 11.8 Å². The van der Waals surface area contributed by atoms with Gasteiger partial charge in [0, 0.05) is 30.6 Å². The highest BCUT2D eigenvalue weighted by Crippen LogP contribution is 2.39. The molecule has 0 fully saturated rings. The number of carbonyl (C=O) groups is 3. The number of allylic oxidation sites excluding steroid dienone is 2. The van der Waals surface area contributed by atoms with Crippen LogP contribution < -0.4 is 5.32 Å². The largest absolute Gasteiger partial charge is 0.464 e. The summed E-state index contributed by atoms with van der Waals surface area (Å²) in [6.07, 6.45) is 5.30. The molecule has 0 saturated heterocycles. The predicted molar refractivity (Wildman–Crippen MR) is 120 cm³/mol. The Morgan fingerprint density at radius 3 is 2.32 bits per heavy atom. The van der Waals surface area contributed by atoms with Gasteiger partial charge in [-0.2, -0.15) is 0 Å². The van der Waals surface area contributed by atoms with Crippen molar-refractivity contribution in [3.63, 3.8) is 0 Å². The van der Waals surface area contributed by atoms with E-state index in [0.717, 1.165) is 6.42 Å². The molecular weight excluding hydrogens is 394 g/mol. The second-order valence-corrected chi connectivity index (χ2v) is 11.3. The lowest BCUT2D eigenvalue weighted by Gasteiger charge is -2.24. The molecule has 0 rings (SSSR count). The van der Waals surface area contributed by atoms with E-state index in [4.69, 9.17) is 4.74 Å².